The number of carbonyl (C=O) groups excluding carboxylic acids is 1. The highest BCUT2D eigenvalue weighted by Gasteiger charge is 2.44. The lowest BCUT2D eigenvalue weighted by Crippen LogP contribution is -2.25. The molecule has 0 spiro atoms. The second-order valence-electron chi connectivity index (χ2n) is 3.89. The summed E-state index contributed by atoms with van der Waals surface area (Å²) in [7, 11) is 0. The van der Waals surface area contributed by atoms with Crippen LogP contribution in [0.3, 0.4) is 0 Å². The molecule has 1 saturated carbocycles. The van der Waals surface area contributed by atoms with Crippen molar-refractivity contribution < 1.29 is 4.79 Å². The molecule has 1 aromatic carbocycles. The topological polar surface area (TPSA) is 29.1 Å². The van der Waals surface area contributed by atoms with E-state index in [9.17, 15) is 4.79 Å². The second-order valence-corrected chi connectivity index (χ2v) is 4.30. The molecule has 1 aromatic rings. The molecular formula is C13H12ClNO. The van der Waals surface area contributed by atoms with Crippen LogP contribution < -0.4 is 5.32 Å². The average Bonchev–Trinajstić information content (AvgIpc) is 3.06. The normalized spacial score (nSPS) is 22.2. The van der Waals surface area contributed by atoms with Gasteiger partial charge in [0.15, 0.2) is 0 Å². The summed E-state index contributed by atoms with van der Waals surface area (Å²) < 4.78 is 0. The van der Waals surface area contributed by atoms with E-state index in [-0.39, 0.29) is 17.7 Å². The van der Waals surface area contributed by atoms with E-state index in [0.717, 1.165) is 17.0 Å². The SMILES string of the molecule is C#CCNC(=O)[C@@H]1C[C@@H]1c1ccccc1Cl. The zero-order valence-electron chi connectivity index (χ0n) is 8.74. The summed E-state index contributed by atoms with van der Waals surface area (Å²) in [6, 6.07) is 7.66. The maximum Gasteiger partial charge on any atom is 0.224 e. The van der Waals surface area contributed by atoms with Gasteiger partial charge >= 0.3 is 0 Å². The smallest absolute Gasteiger partial charge is 0.224 e. The molecule has 1 N–H and O–H groups in total. The van der Waals surface area contributed by atoms with Gasteiger partial charge in [0, 0.05) is 10.9 Å². The first-order valence-electron chi connectivity index (χ1n) is 5.19. The standard InChI is InChI=1S/C13H12ClNO/c1-2-7-15-13(16)11-8-10(11)9-5-3-4-6-12(9)14/h1,3-6,10-11H,7-8H2,(H,15,16)/t10-,11-/m1/s1. The average molecular weight is 234 g/mol. The number of benzene rings is 1. The van der Waals surface area contributed by atoms with Crippen LogP contribution in [0.25, 0.3) is 0 Å². The molecule has 0 heterocycles. The Kier molecular flexibility index (Phi) is 3.17. The fourth-order valence-corrected chi connectivity index (χ4v) is 2.15. The van der Waals surface area contributed by atoms with Gasteiger partial charge in [-0.1, -0.05) is 35.7 Å². The van der Waals surface area contributed by atoms with E-state index in [2.05, 4.69) is 11.2 Å². The van der Waals surface area contributed by atoms with Crippen molar-refractivity contribution in [1.82, 2.24) is 5.32 Å². The van der Waals surface area contributed by atoms with Gasteiger partial charge in [-0.2, -0.15) is 0 Å². The van der Waals surface area contributed by atoms with Crippen molar-refractivity contribution in [2.24, 2.45) is 5.92 Å². The quantitative estimate of drug-likeness (QED) is 0.797. The van der Waals surface area contributed by atoms with Crippen molar-refractivity contribution >= 4 is 17.5 Å². The summed E-state index contributed by atoms with van der Waals surface area (Å²) in [6.45, 7) is 0.296. The molecule has 0 radical (unpaired) electrons. The molecule has 1 aliphatic carbocycles. The molecule has 82 valence electrons. The fraction of sp³-hybridized carbons (Fsp3) is 0.308. The van der Waals surface area contributed by atoms with Gasteiger partial charge < -0.3 is 5.32 Å². The minimum atomic E-state index is 0.0304. The molecule has 1 fully saturated rings. The number of terminal acetylenes is 1. The van der Waals surface area contributed by atoms with Crippen molar-refractivity contribution in [3.63, 3.8) is 0 Å². The Balaban J connectivity index is 1.99. The molecule has 2 atom stereocenters. The maximum absolute atomic E-state index is 11.6. The molecule has 16 heavy (non-hydrogen) atoms. The van der Waals surface area contributed by atoms with Crippen LogP contribution in [0.2, 0.25) is 5.02 Å². The lowest BCUT2D eigenvalue weighted by Gasteiger charge is -2.03. The highest BCUT2D eigenvalue weighted by Crippen LogP contribution is 2.49. The van der Waals surface area contributed by atoms with Gasteiger partial charge in [-0.25, -0.2) is 0 Å². The minimum absolute atomic E-state index is 0.0304. The Labute approximate surface area is 100.0 Å². The summed E-state index contributed by atoms with van der Waals surface area (Å²) >= 11 is 6.07. The lowest BCUT2D eigenvalue weighted by molar-refractivity contribution is -0.122. The van der Waals surface area contributed by atoms with Crippen LogP contribution in [0.1, 0.15) is 17.9 Å². The Morgan fingerprint density at radius 3 is 3.00 bits per heavy atom. The number of hydrogen-bond donors (Lipinski definition) is 1. The van der Waals surface area contributed by atoms with E-state index in [4.69, 9.17) is 18.0 Å². The molecule has 0 unspecified atom stereocenters. The Hall–Kier alpha value is -1.46. The molecule has 1 amide bonds. The Morgan fingerprint density at radius 1 is 1.56 bits per heavy atom. The van der Waals surface area contributed by atoms with Gasteiger partial charge in [0.1, 0.15) is 0 Å². The monoisotopic (exact) mass is 233 g/mol. The van der Waals surface area contributed by atoms with E-state index in [1.807, 2.05) is 24.3 Å². The number of halogens is 1. The van der Waals surface area contributed by atoms with Crippen LogP contribution in [0.5, 0.6) is 0 Å². The largest absolute Gasteiger partial charge is 0.345 e. The molecule has 0 saturated heterocycles. The van der Waals surface area contributed by atoms with E-state index in [1.54, 1.807) is 0 Å². The summed E-state index contributed by atoms with van der Waals surface area (Å²) in [5.74, 6) is 2.71. The van der Waals surface area contributed by atoms with Crippen molar-refractivity contribution in [1.29, 1.82) is 0 Å². The summed E-state index contributed by atoms with van der Waals surface area (Å²) in [5.41, 5.74) is 1.06. The summed E-state index contributed by atoms with van der Waals surface area (Å²) in [4.78, 5) is 11.6. The molecule has 2 nitrogen and oxygen atoms in total. The number of rotatable bonds is 3. The zero-order valence-corrected chi connectivity index (χ0v) is 9.50. The van der Waals surface area contributed by atoms with Gasteiger partial charge in [0.25, 0.3) is 0 Å². The van der Waals surface area contributed by atoms with Crippen LogP contribution in [0.15, 0.2) is 24.3 Å². The maximum atomic E-state index is 11.6. The van der Waals surface area contributed by atoms with Crippen LogP contribution in [-0.4, -0.2) is 12.5 Å². The minimum Gasteiger partial charge on any atom is -0.345 e. The van der Waals surface area contributed by atoms with Gasteiger partial charge in [-0.15, -0.1) is 6.42 Å². The third-order valence-electron chi connectivity index (χ3n) is 2.80. The van der Waals surface area contributed by atoms with Gasteiger partial charge in [0.2, 0.25) is 5.91 Å². The number of carbonyl (C=O) groups is 1. The van der Waals surface area contributed by atoms with Gasteiger partial charge in [-0.05, 0) is 24.0 Å². The molecule has 1 aliphatic rings. The van der Waals surface area contributed by atoms with E-state index in [1.165, 1.54) is 0 Å². The van der Waals surface area contributed by atoms with E-state index < -0.39 is 0 Å². The number of amides is 1. The van der Waals surface area contributed by atoms with Crippen LogP contribution in [0.4, 0.5) is 0 Å². The van der Waals surface area contributed by atoms with Gasteiger partial charge in [0.05, 0.1) is 6.54 Å². The van der Waals surface area contributed by atoms with Gasteiger partial charge in [-0.3, -0.25) is 4.79 Å². The van der Waals surface area contributed by atoms with Crippen molar-refractivity contribution in [3.8, 4) is 12.3 Å². The Morgan fingerprint density at radius 2 is 2.31 bits per heavy atom. The predicted molar refractivity (Wildman–Crippen MR) is 64.1 cm³/mol. The first-order valence-corrected chi connectivity index (χ1v) is 5.57. The van der Waals surface area contributed by atoms with E-state index >= 15 is 0 Å². The summed E-state index contributed by atoms with van der Waals surface area (Å²) in [5, 5.41) is 3.43. The highest BCUT2D eigenvalue weighted by molar-refractivity contribution is 6.31. The molecule has 3 heteroatoms. The molecule has 0 bridgehead atoms. The highest BCUT2D eigenvalue weighted by atomic mass is 35.5. The van der Waals surface area contributed by atoms with Crippen molar-refractivity contribution in [2.75, 3.05) is 6.54 Å². The van der Waals surface area contributed by atoms with Crippen molar-refractivity contribution in [2.45, 2.75) is 12.3 Å². The third-order valence-corrected chi connectivity index (χ3v) is 3.14. The first-order chi connectivity index (χ1) is 7.74. The molecule has 2 rings (SSSR count). The Bertz CT molecular complexity index is 449. The molecule has 0 aliphatic heterocycles. The number of nitrogens with one attached hydrogen (secondary N) is 1. The van der Waals surface area contributed by atoms with E-state index in [0.29, 0.717) is 6.54 Å². The van der Waals surface area contributed by atoms with Crippen LogP contribution >= 0.6 is 11.6 Å². The first kappa shape index (κ1) is 11.0. The predicted octanol–water partition coefficient (Wildman–Crippen LogP) is 2.19. The summed E-state index contributed by atoms with van der Waals surface area (Å²) in [6.07, 6.45) is 5.94. The van der Waals surface area contributed by atoms with Crippen LogP contribution in [-0.2, 0) is 4.79 Å². The fourth-order valence-electron chi connectivity index (χ4n) is 1.87. The lowest BCUT2D eigenvalue weighted by atomic mass is 10.1. The van der Waals surface area contributed by atoms with Crippen molar-refractivity contribution in [3.05, 3.63) is 34.9 Å². The zero-order chi connectivity index (χ0) is 11.5. The van der Waals surface area contributed by atoms with Crippen LogP contribution in [0, 0.1) is 18.3 Å². The molecule has 0 aromatic heterocycles. The second kappa shape index (κ2) is 4.59. The third kappa shape index (κ3) is 2.20. The molecular weight excluding hydrogens is 222 g/mol. The number of hydrogen-bond acceptors (Lipinski definition) is 1.